The highest BCUT2D eigenvalue weighted by Crippen LogP contribution is 2.32. The number of allylic oxidation sites excluding steroid dienone is 1. The van der Waals surface area contributed by atoms with E-state index in [1.165, 1.54) is 67.1 Å². The Morgan fingerprint density at radius 1 is 0.467 bits per heavy atom. The summed E-state index contributed by atoms with van der Waals surface area (Å²) in [6, 6.07) is 72.8. The number of nitro groups is 4. The molecule has 4 saturated heterocycles. The summed E-state index contributed by atoms with van der Waals surface area (Å²) < 4.78 is 6.81. The van der Waals surface area contributed by atoms with Crippen LogP contribution >= 0.6 is 15.9 Å². The van der Waals surface area contributed by atoms with Gasteiger partial charge in [-0.1, -0.05) is 157 Å². The summed E-state index contributed by atoms with van der Waals surface area (Å²) in [5.41, 5.74) is 9.20. The summed E-state index contributed by atoms with van der Waals surface area (Å²) in [7, 11) is 0. The van der Waals surface area contributed by atoms with Gasteiger partial charge >= 0.3 is 0 Å². The maximum absolute atomic E-state index is 11.9. The van der Waals surface area contributed by atoms with Gasteiger partial charge in [-0.3, -0.25) is 79.5 Å². The van der Waals surface area contributed by atoms with Gasteiger partial charge in [-0.15, -0.1) is 0 Å². The van der Waals surface area contributed by atoms with Crippen molar-refractivity contribution in [3.63, 3.8) is 0 Å². The summed E-state index contributed by atoms with van der Waals surface area (Å²) in [6.07, 6.45) is 21.9. The number of nitro benzene ring substituents is 4. The van der Waals surface area contributed by atoms with E-state index in [0.717, 1.165) is 176 Å². The standard InChI is InChI=1S/C22H25N3O2.C21H21N3O3.C18H27N3O2.C17H14BrNO2.C16H18N4O2/c26-25(27)22-13-5-4-11-21(22)12-7-15-24-18-16-23(17-19-24)14-6-10-20-8-2-1-3-9-20;25-24(26)19-8-6-17(7-9-19)21-11-10-20(27-21)16-22-12-14-23(15-13-22)18-4-2-1-3-5-18;1-2-15-3-5-16(6-4-15)19-11-13-20(14-12-19)17-7-9-18(10-8-17)21(22)23;18-15-9-4-8-14(12-15)17(21)19-11-5-10-16(20)13-6-2-1-3-7-13;21-20(22)16-3-1-15(2-4-16)19-11-9-18(10-12-19)13-14-5-7-17-8-6-14/h1-13H,14-19H2;1-11H,12-16H2;7-10,15-16H,2-6,11-14H2,1H3;1-10,12H,11H2,(H,19,21);1-8H,9-13H2/b10-6+,12-7+;;;10-5+;. The van der Waals surface area contributed by atoms with Crippen LogP contribution in [-0.2, 0) is 13.1 Å². The number of benzene rings is 8. The number of aromatic nitrogens is 1. The number of para-hydroxylation sites is 2. The van der Waals surface area contributed by atoms with Crippen LogP contribution in [0.1, 0.15) is 82.2 Å². The number of nitrogens with zero attached hydrogens (tertiary/aromatic N) is 13. The van der Waals surface area contributed by atoms with Crippen LogP contribution in [-0.4, -0.2) is 191 Å². The Kier molecular flexibility index (Phi) is 34.6. The average molecular weight is 1690 g/mol. The summed E-state index contributed by atoms with van der Waals surface area (Å²) in [6.45, 7) is 22.3. The zero-order valence-electron chi connectivity index (χ0n) is 67.9. The molecule has 624 valence electrons. The molecule has 25 nitrogen and oxygen atoms in total. The zero-order chi connectivity index (χ0) is 84.2. The second kappa shape index (κ2) is 46.8. The second-order valence-electron chi connectivity index (χ2n) is 29.9. The molecular weight excluding hydrogens is 1580 g/mol. The lowest BCUT2D eigenvalue weighted by atomic mass is 9.84. The highest BCUT2D eigenvalue weighted by atomic mass is 79.9. The molecule has 120 heavy (non-hydrogen) atoms. The molecule has 6 heterocycles. The molecule has 1 aliphatic carbocycles. The van der Waals surface area contributed by atoms with Crippen molar-refractivity contribution in [2.45, 2.75) is 58.2 Å². The number of carbonyl (C=O) groups excluding carboxylic acids is 2. The third-order valence-electron chi connectivity index (χ3n) is 22.0. The van der Waals surface area contributed by atoms with Crippen molar-refractivity contribution in [3.05, 3.63) is 352 Å². The number of non-ortho nitro benzene ring substituents is 3. The molecule has 4 aliphatic heterocycles. The number of nitrogens with one attached hydrogen (secondary N) is 1. The van der Waals surface area contributed by atoms with E-state index in [0.29, 0.717) is 23.2 Å². The Balaban J connectivity index is 0.000000147. The van der Waals surface area contributed by atoms with E-state index in [1.54, 1.807) is 91.0 Å². The topological polar surface area (TPSA) is 271 Å². The minimum Gasteiger partial charge on any atom is -0.460 e. The summed E-state index contributed by atoms with van der Waals surface area (Å²) in [5.74, 6) is 2.35. The lowest BCUT2D eigenvalue weighted by Crippen LogP contribution is -2.51. The van der Waals surface area contributed by atoms with Crippen molar-refractivity contribution in [2.24, 2.45) is 5.92 Å². The number of rotatable bonds is 25. The van der Waals surface area contributed by atoms with Crippen LogP contribution in [0.2, 0.25) is 0 Å². The Bertz CT molecular complexity index is 4930. The van der Waals surface area contributed by atoms with Crippen LogP contribution in [0, 0.1) is 46.4 Å². The SMILES string of the molecule is CCC1CCC(N2CCN(c3ccc([N+](=O)[O-])cc3)CC2)CC1.O=C(/C=C/CNC(=O)c1cccc(Br)c1)c1ccccc1.O=[N+]([O-])c1ccc(-c2ccc(CN3CCN(c4ccccc4)CC3)o2)cc1.O=[N+]([O-])c1ccc(N2CCN(Cc3ccncc3)CC2)cc1.O=[N+]([O-])c1ccccc1/C=C/CN1CCN(C/C=C/c2ccccc2)CC1. The molecule has 5 fully saturated rings. The Morgan fingerprint density at radius 3 is 1.48 bits per heavy atom. The molecule has 8 aromatic carbocycles. The molecule has 15 rings (SSSR count). The minimum absolute atomic E-state index is 0.0766. The van der Waals surface area contributed by atoms with Crippen molar-refractivity contribution in [1.82, 2.24) is 34.8 Å². The van der Waals surface area contributed by atoms with Crippen LogP contribution in [0.25, 0.3) is 23.5 Å². The predicted molar refractivity (Wildman–Crippen MR) is 479 cm³/mol. The van der Waals surface area contributed by atoms with Gasteiger partial charge in [-0.25, -0.2) is 0 Å². The predicted octanol–water partition coefficient (Wildman–Crippen LogP) is 17.7. The number of carbonyl (C=O) groups is 2. The van der Waals surface area contributed by atoms with Crippen LogP contribution in [0.15, 0.2) is 282 Å². The van der Waals surface area contributed by atoms with Gasteiger partial charge in [0.05, 0.1) is 31.8 Å². The van der Waals surface area contributed by atoms with Gasteiger partial charge in [0.15, 0.2) is 5.78 Å². The fourth-order valence-corrected chi connectivity index (χ4v) is 15.5. The fraction of sp³-hybridized carbons (Fsp3) is 0.309. The first-order valence-electron chi connectivity index (χ1n) is 41.0. The van der Waals surface area contributed by atoms with Crippen LogP contribution in [0.4, 0.5) is 39.8 Å². The van der Waals surface area contributed by atoms with Crippen LogP contribution in [0.5, 0.6) is 0 Å². The van der Waals surface area contributed by atoms with E-state index < -0.39 is 4.92 Å². The summed E-state index contributed by atoms with van der Waals surface area (Å²) >= 11 is 3.32. The molecule has 26 heteroatoms. The first-order valence-corrected chi connectivity index (χ1v) is 41.8. The fourth-order valence-electron chi connectivity index (χ4n) is 15.1. The summed E-state index contributed by atoms with van der Waals surface area (Å²) in [4.78, 5) is 88.8. The monoisotopic (exact) mass is 1680 g/mol. The quantitative estimate of drug-likeness (QED) is 0.0241. The van der Waals surface area contributed by atoms with E-state index in [4.69, 9.17) is 4.42 Å². The molecule has 0 bridgehead atoms. The molecule has 0 atom stereocenters. The van der Waals surface area contributed by atoms with Gasteiger partial charge in [-0.05, 0) is 146 Å². The third-order valence-corrected chi connectivity index (χ3v) is 22.5. The molecule has 1 amide bonds. The second-order valence-corrected chi connectivity index (χ2v) is 30.8. The molecule has 2 aromatic heterocycles. The Hall–Kier alpha value is -12.2. The number of ketones is 1. The van der Waals surface area contributed by atoms with E-state index in [2.05, 4.69) is 133 Å². The third kappa shape index (κ3) is 28.3. The smallest absolute Gasteiger partial charge is 0.276 e. The maximum atomic E-state index is 11.9. The number of piperazine rings is 4. The number of anilines is 3. The Labute approximate surface area is 710 Å². The first kappa shape index (κ1) is 88.6. The number of amides is 1. The number of hydrogen-bond donors (Lipinski definition) is 1. The molecule has 10 aromatic rings. The van der Waals surface area contributed by atoms with Crippen molar-refractivity contribution in [2.75, 3.05) is 139 Å². The van der Waals surface area contributed by atoms with E-state index in [1.807, 2.05) is 116 Å². The van der Waals surface area contributed by atoms with Gasteiger partial charge in [0.2, 0.25) is 0 Å². The summed E-state index contributed by atoms with van der Waals surface area (Å²) in [5, 5.41) is 46.0. The lowest BCUT2D eigenvalue weighted by Gasteiger charge is -2.42. The first-order chi connectivity index (χ1) is 58.5. The lowest BCUT2D eigenvalue weighted by molar-refractivity contribution is -0.385. The van der Waals surface area contributed by atoms with Crippen LogP contribution in [0.3, 0.4) is 0 Å². The van der Waals surface area contributed by atoms with Crippen molar-refractivity contribution >= 4 is 79.6 Å². The molecule has 0 unspecified atom stereocenters. The molecule has 0 radical (unpaired) electrons. The van der Waals surface area contributed by atoms with E-state index in [9.17, 15) is 50.0 Å². The van der Waals surface area contributed by atoms with Gasteiger partial charge in [0, 0.05) is 230 Å². The zero-order valence-corrected chi connectivity index (χ0v) is 69.4. The minimum atomic E-state index is -0.396. The highest BCUT2D eigenvalue weighted by molar-refractivity contribution is 9.10. The number of furan rings is 1. The molecule has 1 N–H and O–H groups in total. The number of pyridine rings is 1. The molecular formula is C94H105BrN14O11. The van der Waals surface area contributed by atoms with Crippen molar-refractivity contribution in [1.29, 1.82) is 0 Å². The van der Waals surface area contributed by atoms with Crippen molar-refractivity contribution in [3.8, 4) is 11.3 Å². The average Bonchev–Trinajstić information content (AvgIpc) is 1.21. The normalized spacial score (nSPS) is 16.8. The van der Waals surface area contributed by atoms with Gasteiger partial charge in [0.25, 0.3) is 28.7 Å². The Morgan fingerprint density at radius 2 is 0.942 bits per heavy atom. The van der Waals surface area contributed by atoms with Crippen LogP contribution < -0.4 is 20.0 Å². The molecule has 0 spiro atoms. The maximum Gasteiger partial charge on any atom is 0.276 e. The van der Waals surface area contributed by atoms with Gasteiger partial charge in [-0.2, -0.15) is 0 Å². The van der Waals surface area contributed by atoms with E-state index >= 15 is 0 Å². The number of hydrogen-bond acceptors (Lipinski definition) is 20. The largest absolute Gasteiger partial charge is 0.460 e. The van der Waals surface area contributed by atoms with Crippen molar-refractivity contribution < 1.29 is 33.7 Å². The molecule has 5 aliphatic rings. The van der Waals surface area contributed by atoms with E-state index in [-0.39, 0.29) is 49.2 Å². The highest BCUT2D eigenvalue weighted by Gasteiger charge is 2.29. The van der Waals surface area contributed by atoms with Gasteiger partial charge < -0.3 is 24.4 Å². The molecule has 1 saturated carbocycles. The number of halogens is 1. The van der Waals surface area contributed by atoms with Gasteiger partial charge in [0.1, 0.15) is 11.5 Å².